The molecule has 0 fully saturated rings. The van der Waals surface area contributed by atoms with Gasteiger partial charge in [-0.3, -0.25) is 9.59 Å². The fourth-order valence-corrected chi connectivity index (χ4v) is 2.70. The highest BCUT2D eigenvalue weighted by Crippen LogP contribution is 2.20. The van der Waals surface area contributed by atoms with Crippen LogP contribution in [-0.4, -0.2) is 35.5 Å². The Morgan fingerprint density at radius 2 is 1.64 bits per heavy atom. The highest BCUT2D eigenvalue weighted by atomic mass is 35.5. The van der Waals surface area contributed by atoms with Crippen molar-refractivity contribution < 1.29 is 19.5 Å². The molecular weight excluding hydrogens is 367 g/mol. The molecule has 3 N–H and O–H groups in total. The van der Waals surface area contributed by atoms with Crippen LogP contribution in [0.15, 0.2) is 18.2 Å². The fraction of sp³-hybridized carbons (Fsp3) is 0.471. The number of carboxylic acids is 1. The summed E-state index contributed by atoms with van der Waals surface area (Å²) >= 11 is 11.8. The van der Waals surface area contributed by atoms with E-state index < -0.39 is 17.9 Å². The fourth-order valence-electron chi connectivity index (χ4n) is 2.13. The third-order valence-electron chi connectivity index (χ3n) is 3.13. The Morgan fingerprint density at radius 3 is 2.12 bits per heavy atom. The summed E-state index contributed by atoms with van der Waals surface area (Å²) in [5.41, 5.74) is 0.387. The number of aliphatic carboxylic acids is 1. The SMILES string of the molecule is CC(C)(C)CC(=O)NCC(=O)NC(Cc1cc(Cl)cc(Cl)c1)C(=O)O. The van der Waals surface area contributed by atoms with Gasteiger partial charge in [0, 0.05) is 22.9 Å². The standard InChI is InChI=1S/C17H22Cl2N2O4/c1-17(2,3)8-14(22)20-9-15(23)21-13(16(24)25)6-10-4-11(18)7-12(19)5-10/h4-5,7,13H,6,8-9H2,1-3H3,(H,20,22)(H,21,23)(H,24,25). The Morgan fingerprint density at radius 1 is 1.08 bits per heavy atom. The lowest BCUT2D eigenvalue weighted by atomic mass is 9.92. The third kappa shape index (κ3) is 8.74. The van der Waals surface area contributed by atoms with Crippen LogP contribution in [0, 0.1) is 5.41 Å². The maximum absolute atomic E-state index is 11.9. The molecule has 0 aliphatic rings. The summed E-state index contributed by atoms with van der Waals surface area (Å²) in [4.78, 5) is 35.0. The summed E-state index contributed by atoms with van der Waals surface area (Å²) in [5, 5.41) is 14.9. The molecule has 1 aromatic rings. The Labute approximate surface area is 156 Å². The summed E-state index contributed by atoms with van der Waals surface area (Å²) in [6.45, 7) is 5.44. The van der Waals surface area contributed by atoms with Crippen LogP contribution < -0.4 is 10.6 Å². The van der Waals surface area contributed by atoms with Crippen molar-refractivity contribution in [1.82, 2.24) is 10.6 Å². The molecule has 138 valence electrons. The second-order valence-corrected chi connectivity index (χ2v) is 7.83. The highest BCUT2D eigenvalue weighted by Gasteiger charge is 2.22. The number of carboxylic acid groups (broad SMARTS) is 1. The zero-order chi connectivity index (χ0) is 19.2. The van der Waals surface area contributed by atoms with Crippen molar-refractivity contribution in [1.29, 1.82) is 0 Å². The van der Waals surface area contributed by atoms with Gasteiger partial charge in [0.1, 0.15) is 6.04 Å². The van der Waals surface area contributed by atoms with Gasteiger partial charge in [0.05, 0.1) is 6.54 Å². The molecule has 0 aliphatic heterocycles. The van der Waals surface area contributed by atoms with Crippen molar-refractivity contribution in [3.63, 3.8) is 0 Å². The molecule has 0 saturated heterocycles. The van der Waals surface area contributed by atoms with E-state index in [9.17, 15) is 19.5 Å². The number of amides is 2. The van der Waals surface area contributed by atoms with Crippen LogP contribution in [0.1, 0.15) is 32.8 Å². The van der Waals surface area contributed by atoms with Gasteiger partial charge in [0.25, 0.3) is 0 Å². The molecule has 25 heavy (non-hydrogen) atoms. The van der Waals surface area contributed by atoms with E-state index in [0.29, 0.717) is 15.6 Å². The van der Waals surface area contributed by atoms with E-state index in [0.717, 1.165) is 0 Å². The predicted octanol–water partition coefficient (Wildman–Crippen LogP) is 2.66. The van der Waals surface area contributed by atoms with Gasteiger partial charge in [-0.05, 0) is 29.2 Å². The predicted molar refractivity (Wildman–Crippen MR) is 96.8 cm³/mol. The number of benzene rings is 1. The lowest BCUT2D eigenvalue weighted by Crippen LogP contribution is -2.46. The van der Waals surface area contributed by atoms with E-state index in [-0.39, 0.29) is 30.7 Å². The number of carbonyl (C=O) groups is 3. The molecule has 0 radical (unpaired) electrons. The first-order chi connectivity index (χ1) is 11.5. The maximum Gasteiger partial charge on any atom is 0.326 e. The Balaban J connectivity index is 2.61. The van der Waals surface area contributed by atoms with E-state index in [1.54, 1.807) is 12.1 Å². The van der Waals surface area contributed by atoms with E-state index in [2.05, 4.69) is 10.6 Å². The second kappa shape index (κ2) is 9.06. The summed E-state index contributed by atoms with van der Waals surface area (Å²) in [7, 11) is 0. The van der Waals surface area contributed by atoms with Gasteiger partial charge in [0.2, 0.25) is 11.8 Å². The van der Waals surface area contributed by atoms with Gasteiger partial charge in [-0.25, -0.2) is 4.79 Å². The van der Waals surface area contributed by atoms with Crippen LogP contribution in [0.5, 0.6) is 0 Å². The molecule has 0 aromatic heterocycles. The number of hydrogen-bond donors (Lipinski definition) is 3. The zero-order valence-corrected chi connectivity index (χ0v) is 15.9. The normalized spacial score (nSPS) is 12.4. The van der Waals surface area contributed by atoms with E-state index >= 15 is 0 Å². The molecule has 1 atom stereocenters. The monoisotopic (exact) mass is 388 g/mol. The summed E-state index contributed by atoms with van der Waals surface area (Å²) in [6, 6.07) is 3.55. The van der Waals surface area contributed by atoms with E-state index in [1.807, 2.05) is 20.8 Å². The molecule has 0 bridgehead atoms. The second-order valence-electron chi connectivity index (χ2n) is 6.95. The topological polar surface area (TPSA) is 95.5 Å². The molecule has 1 unspecified atom stereocenters. The molecule has 0 aliphatic carbocycles. The molecule has 0 spiro atoms. The van der Waals surface area contributed by atoms with Gasteiger partial charge in [-0.15, -0.1) is 0 Å². The molecule has 8 heteroatoms. The lowest BCUT2D eigenvalue weighted by molar-refractivity contribution is -0.141. The van der Waals surface area contributed by atoms with Gasteiger partial charge in [0.15, 0.2) is 0 Å². The van der Waals surface area contributed by atoms with Crippen LogP contribution in [0.3, 0.4) is 0 Å². The molecule has 0 heterocycles. The number of carbonyl (C=O) groups excluding carboxylic acids is 2. The lowest BCUT2D eigenvalue weighted by Gasteiger charge is -2.18. The zero-order valence-electron chi connectivity index (χ0n) is 14.4. The summed E-state index contributed by atoms with van der Waals surface area (Å²) in [5.74, 6) is -2.04. The smallest absolute Gasteiger partial charge is 0.326 e. The van der Waals surface area contributed by atoms with Crippen LogP contribution >= 0.6 is 23.2 Å². The minimum atomic E-state index is -1.19. The maximum atomic E-state index is 11.9. The summed E-state index contributed by atoms with van der Waals surface area (Å²) < 4.78 is 0. The molecule has 6 nitrogen and oxygen atoms in total. The number of halogens is 2. The van der Waals surface area contributed by atoms with Crippen LogP contribution in [-0.2, 0) is 20.8 Å². The number of rotatable bonds is 7. The van der Waals surface area contributed by atoms with Crippen LogP contribution in [0.25, 0.3) is 0 Å². The van der Waals surface area contributed by atoms with Crippen molar-refractivity contribution in [2.75, 3.05) is 6.54 Å². The Hall–Kier alpha value is -1.79. The van der Waals surface area contributed by atoms with Crippen molar-refractivity contribution in [3.8, 4) is 0 Å². The highest BCUT2D eigenvalue weighted by molar-refractivity contribution is 6.34. The van der Waals surface area contributed by atoms with Crippen molar-refractivity contribution >= 4 is 41.0 Å². The van der Waals surface area contributed by atoms with Crippen molar-refractivity contribution in [2.24, 2.45) is 5.41 Å². The molecular formula is C17H22Cl2N2O4. The largest absolute Gasteiger partial charge is 0.480 e. The van der Waals surface area contributed by atoms with Crippen molar-refractivity contribution in [3.05, 3.63) is 33.8 Å². The minimum absolute atomic E-state index is 0.0251. The van der Waals surface area contributed by atoms with Gasteiger partial charge >= 0.3 is 5.97 Å². The average Bonchev–Trinajstić information content (AvgIpc) is 2.41. The van der Waals surface area contributed by atoms with Gasteiger partial charge < -0.3 is 15.7 Å². The minimum Gasteiger partial charge on any atom is -0.480 e. The van der Waals surface area contributed by atoms with Crippen molar-refractivity contribution in [2.45, 2.75) is 39.7 Å². The Kier molecular flexibility index (Phi) is 7.70. The van der Waals surface area contributed by atoms with Gasteiger partial charge in [-0.2, -0.15) is 0 Å². The molecule has 0 saturated carbocycles. The van der Waals surface area contributed by atoms with Gasteiger partial charge in [-0.1, -0.05) is 44.0 Å². The first kappa shape index (κ1) is 21.3. The van der Waals surface area contributed by atoms with Crippen LogP contribution in [0.4, 0.5) is 0 Å². The first-order valence-electron chi connectivity index (χ1n) is 7.70. The van der Waals surface area contributed by atoms with Crippen LogP contribution in [0.2, 0.25) is 10.0 Å². The van der Waals surface area contributed by atoms with E-state index in [1.165, 1.54) is 6.07 Å². The average molecular weight is 389 g/mol. The first-order valence-corrected chi connectivity index (χ1v) is 8.46. The molecule has 1 rings (SSSR count). The van der Waals surface area contributed by atoms with E-state index in [4.69, 9.17) is 23.2 Å². The molecule has 2 amide bonds. The summed E-state index contributed by atoms with van der Waals surface area (Å²) in [6.07, 6.45) is 0.293. The number of nitrogens with one attached hydrogen (secondary N) is 2. The third-order valence-corrected chi connectivity index (χ3v) is 3.57. The Bertz CT molecular complexity index is 636. The molecule has 1 aromatic carbocycles. The quantitative estimate of drug-likeness (QED) is 0.668. The number of hydrogen-bond acceptors (Lipinski definition) is 3.